The predicted octanol–water partition coefficient (Wildman–Crippen LogP) is -0.149. The average molecular weight is 172 g/mol. The minimum atomic E-state index is -0.351. The summed E-state index contributed by atoms with van der Waals surface area (Å²) >= 11 is 0. The quantitative estimate of drug-likeness (QED) is 0.262. The number of nitrogens with one attached hydrogen (secondary N) is 1. The van der Waals surface area contributed by atoms with Gasteiger partial charge in [0.15, 0.2) is 6.29 Å². The first kappa shape index (κ1) is 11.4. The molecule has 1 atom stereocenters. The van der Waals surface area contributed by atoms with E-state index in [0.29, 0.717) is 6.42 Å². The Bertz CT molecular complexity index is 158. The van der Waals surface area contributed by atoms with Gasteiger partial charge in [0.1, 0.15) is 0 Å². The van der Waals surface area contributed by atoms with Crippen molar-refractivity contribution in [3.8, 4) is 11.8 Å². The molecule has 0 aliphatic rings. The molecular formula is C8H16N2O2. The Morgan fingerprint density at radius 2 is 2.00 bits per heavy atom. The molecule has 4 nitrogen and oxygen atoms in total. The third-order valence-electron chi connectivity index (χ3n) is 1.51. The number of nitrogens with two attached hydrogens (primary N) is 1. The van der Waals surface area contributed by atoms with E-state index in [0.717, 1.165) is 0 Å². The van der Waals surface area contributed by atoms with E-state index in [9.17, 15) is 0 Å². The van der Waals surface area contributed by atoms with Crippen molar-refractivity contribution in [2.24, 2.45) is 5.84 Å². The third kappa shape index (κ3) is 3.69. The van der Waals surface area contributed by atoms with Crippen LogP contribution in [-0.2, 0) is 9.47 Å². The zero-order chi connectivity index (χ0) is 9.40. The maximum atomic E-state index is 5.29. The summed E-state index contributed by atoms with van der Waals surface area (Å²) in [4.78, 5) is 0. The van der Waals surface area contributed by atoms with Gasteiger partial charge in [0, 0.05) is 20.6 Å². The predicted molar refractivity (Wildman–Crippen MR) is 47.0 cm³/mol. The van der Waals surface area contributed by atoms with Gasteiger partial charge in [0.2, 0.25) is 0 Å². The van der Waals surface area contributed by atoms with Crippen LogP contribution >= 0.6 is 0 Å². The van der Waals surface area contributed by atoms with Crippen LogP contribution in [0.15, 0.2) is 0 Å². The summed E-state index contributed by atoms with van der Waals surface area (Å²) in [5.74, 6) is 11.0. The maximum Gasteiger partial charge on any atom is 0.174 e. The molecule has 0 spiro atoms. The van der Waals surface area contributed by atoms with Gasteiger partial charge in [0.25, 0.3) is 0 Å². The van der Waals surface area contributed by atoms with Crippen LogP contribution in [0.5, 0.6) is 0 Å². The van der Waals surface area contributed by atoms with Crippen LogP contribution in [0.1, 0.15) is 13.3 Å². The molecule has 0 saturated heterocycles. The van der Waals surface area contributed by atoms with E-state index >= 15 is 0 Å². The normalized spacial score (nSPS) is 12.4. The molecule has 12 heavy (non-hydrogen) atoms. The first-order chi connectivity index (χ1) is 5.79. The lowest BCUT2D eigenvalue weighted by Crippen LogP contribution is -2.45. The van der Waals surface area contributed by atoms with Crippen LogP contribution in [0, 0.1) is 11.8 Å². The molecule has 0 radical (unpaired) electrons. The van der Waals surface area contributed by atoms with Crippen LogP contribution in [0.25, 0.3) is 0 Å². The fourth-order valence-electron chi connectivity index (χ4n) is 0.870. The molecular weight excluding hydrogens is 156 g/mol. The second-order valence-corrected chi connectivity index (χ2v) is 2.24. The highest BCUT2D eigenvalue weighted by molar-refractivity contribution is 4.98. The van der Waals surface area contributed by atoms with Crippen LogP contribution in [0.2, 0.25) is 0 Å². The van der Waals surface area contributed by atoms with E-state index in [2.05, 4.69) is 17.3 Å². The molecule has 4 heteroatoms. The first-order valence-electron chi connectivity index (χ1n) is 3.71. The van der Waals surface area contributed by atoms with Gasteiger partial charge in [-0.05, 0) is 6.92 Å². The topological polar surface area (TPSA) is 56.5 Å². The van der Waals surface area contributed by atoms with E-state index in [1.54, 1.807) is 21.1 Å². The average Bonchev–Trinajstić information content (AvgIpc) is 2.12. The molecule has 0 aromatic heterocycles. The summed E-state index contributed by atoms with van der Waals surface area (Å²) in [7, 11) is 3.13. The summed E-state index contributed by atoms with van der Waals surface area (Å²) in [6.07, 6.45) is 0.259. The number of methoxy groups -OCH3 is 2. The van der Waals surface area contributed by atoms with E-state index in [4.69, 9.17) is 15.3 Å². The Morgan fingerprint density at radius 3 is 2.33 bits per heavy atom. The van der Waals surface area contributed by atoms with Crippen molar-refractivity contribution in [1.82, 2.24) is 5.43 Å². The number of hydrogen-bond donors (Lipinski definition) is 2. The molecule has 0 bridgehead atoms. The summed E-state index contributed by atoms with van der Waals surface area (Å²) in [6.45, 7) is 1.78. The minimum absolute atomic E-state index is 0.0903. The maximum absolute atomic E-state index is 5.29. The van der Waals surface area contributed by atoms with Gasteiger partial charge >= 0.3 is 0 Å². The zero-order valence-electron chi connectivity index (χ0n) is 7.76. The van der Waals surface area contributed by atoms with Crippen LogP contribution in [-0.4, -0.2) is 26.6 Å². The van der Waals surface area contributed by atoms with Crippen molar-refractivity contribution in [2.75, 3.05) is 14.2 Å². The molecule has 0 aromatic carbocycles. The Balaban J connectivity index is 3.98. The first-order valence-corrected chi connectivity index (χ1v) is 3.71. The largest absolute Gasteiger partial charge is 0.354 e. The summed E-state index contributed by atoms with van der Waals surface area (Å²) in [6, 6.07) is -0.0903. The van der Waals surface area contributed by atoms with E-state index in [-0.39, 0.29) is 12.3 Å². The van der Waals surface area contributed by atoms with Crippen LogP contribution in [0.4, 0.5) is 0 Å². The van der Waals surface area contributed by atoms with Gasteiger partial charge in [-0.15, -0.1) is 11.8 Å². The lowest BCUT2D eigenvalue weighted by atomic mass is 10.2. The highest BCUT2D eigenvalue weighted by atomic mass is 16.7. The third-order valence-corrected chi connectivity index (χ3v) is 1.51. The number of rotatable bonds is 5. The number of ether oxygens (including phenoxy) is 2. The fourth-order valence-corrected chi connectivity index (χ4v) is 0.870. The lowest BCUT2D eigenvalue weighted by molar-refractivity contribution is -0.121. The molecule has 1 unspecified atom stereocenters. The van der Waals surface area contributed by atoms with Crippen molar-refractivity contribution < 1.29 is 9.47 Å². The van der Waals surface area contributed by atoms with Gasteiger partial charge in [-0.1, -0.05) is 0 Å². The lowest BCUT2D eigenvalue weighted by Gasteiger charge is -2.21. The summed E-state index contributed by atoms with van der Waals surface area (Å²) < 4.78 is 10.0. The molecule has 0 fully saturated rings. The minimum Gasteiger partial charge on any atom is -0.354 e. The van der Waals surface area contributed by atoms with E-state index in [1.165, 1.54) is 0 Å². The van der Waals surface area contributed by atoms with Gasteiger partial charge in [-0.3, -0.25) is 11.3 Å². The Morgan fingerprint density at radius 1 is 1.42 bits per heavy atom. The number of hydrogen-bond acceptors (Lipinski definition) is 4. The molecule has 0 aromatic rings. The van der Waals surface area contributed by atoms with Gasteiger partial charge in [-0.25, -0.2) is 0 Å². The Labute approximate surface area is 73.4 Å². The van der Waals surface area contributed by atoms with Crippen molar-refractivity contribution in [3.05, 3.63) is 0 Å². The van der Waals surface area contributed by atoms with E-state index < -0.39 is 0 Å². The highest BCUT2D eigenvalue weighted by Gasteiger charge is 2.17. The Kier molecular flexibility index (Phi) is 6.72. The molecule has 0 heterocycles. The highest BCUT2D eigenvalue weighted by Crippen LogP contribution is 2.01. The molecule has 0 amide bonds. The summed E-state index contributed by atoms with van der Waals surface area (Å²) in [5, 5.41) is 0. The van der Waals surface area contributed by atoms with Crippen molar-refractivity contribution in [3.63, 3.8) is 0 Å². The van der Waals surface area contributed by atoms with Gasteiger partial charge < -0.3 is 9.47 Å². The molecule has 3 N–H and O–H groups in total. The zero-order valence-corrected chi connectivity index (χ0v) is 7.76. The number of hydrazine groups is 1. The van der Waals surface area contributed by atoms with Crippen molar-refractivity contribution in [2.45, 2.75) is 25.7 Å². The van der Waals surface area contributed by atoms with E-state index in [1.807, 2.05) is 0 Å². The Hall–Kier alpha value is -0.600. The molecule has 0 saturated carbocycles. The van der Waals surface area contributed by atoms with Gasteiger partial charge in [-0.2, -0.15) is 0 Å². The molecule has 70 valence electrons. The summed E-state index contributed by atoms with van der Waals surface area (Å²) in [5.41, 5.74) is 2.59. The standard InChI is InChI=1S/C8H16N2O2/c1-4-5-6-7(10-9)8(11-2)12-3/h7-8,10H,6,9H2,1-3H3. The second kappa shape index (κ2) is 7.07. The van der Waals surface area contributed by atoms with Crippen LogP contribution in [0.3, 0.4) is 0 Å². The second-order valence-electron chi connectivity index (χ2n) is 2.24. The smallest absolute Gasteiger partial charge is 0.174 e. The molecule has 0 aliphatic carbocycles. The molecule has 0 aliphatic heterocycles. The SMILES string of the molecule is CC#CCC(NN)C(OC)OC. The fraction of sp³-hybridized carbons (Fsp3) is 0.750. The van der Waals surface area contributed by atoms with Crippen LogP contribution < -0.4 is 11.3 Å². The van der Waals surface area contributed by atoms with Crippen molar-refractivity contribution >= 4 is 0 Å². The van der Waals surface area contributed by atoms with Crippen molar-refractivity contribution in [1.29, 1.82) is 0 Å². The monoisotopic (exact) mass is 172 g/mol. The molecule has 0 rings (SSSR count). The van der Waals surface area contributed by atoms with Gasteiger partial charge in [0.05, 0.1) is 6.04 Å².